The van der Waals surface area contributed by atoms with Crippen LogP contribution in [0.3, 0.4) is 0 Å². The maximum absolute atomic E-state index is 10.7. The van der Waals surface area contributed by atoms with Gasteiger partial charge in [0.1, 0.15) is 4.88 Å². The molecule has 0 saturated heterocycles. The predicted molar refractivity (Wildman–Crippen MR) is 53.1 cm³/mol. The Morgan fingerprint density at radius 3 is 2.93 bits per heavy atom. The van der Waals surface area contributed by atoms with E-state index in [1.165, 1.54) is 0 Å². The van der Waals surface area contributed by atoms with Gasteiger partial charge in [0.2, 0.25) is 0 Å². The molecule has 0 amide bonds. The molecule has 0 atom stereocenters. The Bertz CT molecular complexity index is 523. The van der Waals surface area contributed by atoms with Gasteiger partial charge in [-0.15, -0.1) is 11.3 Å². The molecular weight excluding hydrogens is 202 g/mol. The van der Waals surface area contributed by atoms with Crippen molar-refractivity contribution < 1.29 is 14.7 Å². The second kappa shape index (κ2) is 2.95. The molecule has 14 heavy (non-hydrogen) atoms. The van der Waals surface area contributed by atoms with Gasteiger partial charge < -0.3 is 9.67 Å². The summed E-state index contributed by atoms with van der Waals surface area (Å²) in [5.74, 6) is -0.956. The molecule has 0 aliphatic rings. The molecule has 0 bridgehead atoms. The quantitative estimate of drug-likeness (QED) is 0.766. The zero-order valence-corrected chi connectivity index (χ0v) is 8.17. The minimum atomic E-state index is -0.956. The SMILES string of the molecule is Cn1cc(C=O)c2sc(C(=O)O)cc21. The monoisotopic (exact) mass is 209 g/mol. The number of carboxylic acids is 1. The number of hydrogen-bond donors (Lipinski definition) is 1. The molecule has 0 aromatic carbocycles. The number of aryl methyl sites for hydroxylation is 1. The van der Waals surface area contributed by atoms with Crippen LogP contribution in [0.4, 0.5) is 0 Å². The molecule has 0 radical (unpaired) electrons. The fourth-order valence-electron chi connectivity index (χ4n) is 1.38. The third kappa shape index (κ3) is 1.13. The molecule has 2 aromatic heterocycles. The van der Waals surface area contributed by atoms with Crippen molar-refractivity contribution in [2.24, 2.45) is 7.05 Å². The van der Waals surface area contributed by atoms with Crippen LogP contribution in [0.5, 0.6) is 0 Å². The number of nitrogens with zero attached hydrogens (tertiary/aromatic N) is 1. The van der Waals surface area contributed by atoms with Crippen molar-refractivity contribution in [2.75, 3.05) is 0 Å². The van der Waals surface area contributed by atoms with Crippen LogP contribution >= 0.6 is 11.3 Å². The topological polar surface area (TPSA) is 59.3 Å². The second-order valence-electron chi connectivity index (χ2n) is 2.94. The van der Waals surface area contributed by atoms with Crippen molar-refractivity contribution in [3.05, 3.63) is 22.7 Å². The molecule has 4 nitrogen and oxygen atoms in total. The van der Waals surface area contributed by atoms with E-state index in [1.54, 1.807) is 23.9 Å². The van der Waals surface area contributed by atoms with E-state index in [1.807, 2.05) is 0 Å². The van der Waals surface area contributed by atoms with Crippen molar-refractivity contribution in [3.63, 3.8) is 0 Å². The maximum Gasteiger partial charge on any atom is 0.345 e. The number of carboxylic acid groups (broad SMARTS) is 1. The van der Waals surface area contributed by atoms with Crippen LogP contribution in [-0.4, -0.2) is 21.9 Å². The summed E-state index contributed by atoms with van der Waals surface area (Å²) in [5, 5.41) is 8.77. The minimum Gasteiger partial charge on any atom is -0.477 e. The number of aldehydes is 1. The van der Waals surface area contributed by atoms with E-state index in [9.17, 15) is 9.59 Å². The zero-order valence-electron chi connectivity index (χ0n) is 7.35. The first-order valence-electron chi connectivity index (χ1n) is 3.91. The minimum absolute atomic E-state index is 0.259. The van der Waals surface area contributed by atoms with Gasteiger partial charge in [0.05, 0.1) is 10.2 Å². The van der Waals surface area contributed by atoms with Gasteiger partial charge in [-0.25, -0.2) is 4.79 Å². The van der Waals surface area contributed by atoms with Crippen LogP contribution in [-0.2, 0) is 7.05 Å². The summed E-state index contributed by atoms with van der Waals surface area (Å²) >= 11 is 1.13. The highest BCUT2D eigenvalue weighted by molar-refractivity contribution is 7.21. The third-order valence-corrected chi connectivity index (χ3v) is 3.19. The standard InChI is InChI=1S/C9H7NO3S/c1-10-3-5(4-11)8-6(10)2-7(14-8)9(12)13/h2-4H,1H3,(H,12,13). The van der Waals surface area contributed by atoms with E-state index in [4.69, 9.17) is 5.11 Å². The molecule has 0 spiro atoms. The Morgan fingerprint density at radius 2 is 2.36 bits per heavy atom. The lowest BCUT2D eigenvalue weighted by Gasteiger charge is -1.88. The number of fused-ring (bicyclic) bond motifs is 1. The predicted octanol–water partition coefficient (Wildman–Crippen LogP) is 1.75. The average molecular weight is 209 g/mol. The highest BCUT2D eigenvalue weighted by Crippen LogP contribution is 2.29. The molecule has 0 aliphatic heterocycles. The number of carbonyl (C=O) groups excluding carboxylic acids is 1. The normalized spacial score (nSPS) is 10.6. The molecule has 0 unspecified atom stereocenters. The lowest BCUT2D eigenvalue weighted by molar-refractivity contribution is 0.0702. The number of carbonyl (C=O) groups is 2. The summed E-state index contributed by atoms with van der Waals surface area (Å²) in [6, 6.07) is 1.58. The molecule has 2 rings (SSSR count). The molecule has 2 heterocycles. The van der Waals surface area contributed by atoms with Gasteiger partial charge >= 0.3 is 5.97 Å². The molecule has 72 valence electrons. The summed E-state index contributed by atoms with van der Waals surface area (Å²) in [6.07, 6.45) is 2.43. The zero-order chi connectivity index (χ0) is 10.3. The lowest BCUT2D eigenvalue weighted by Crippen LogP contribution is -1.91. The molecule has 0 fully saturated rings. The van der Waals surface area contributed by atoms with Crippen molar-refractivity contribution in [2.45, 2.75) is 0 Å². The van der Waals surface area contributed by atoms with Gasteiger partial charge in [-0.05, 0) is 6.07 Å². The Balaban J connectivity index is 2.76. The highest BCUT2D eigenvalue weighted by atomic mass is 32.1. The van der Waals surface area contributed by atoms with Gasteiger partial charge in [-0.3, -0.25) is 4.79 Å². The summed E-state index contributed by atoms with van der Waals surface area (Å²) in [7, 11) is 1.79. The maximum atomic E-state index is 10.7. The smallest absolute Gasteiger partial charge is 0.345 e. The Morgan fingerprint density at radius 1 is 1.64 bits per heavy atom. The number of rotatable bonds is 2. The van der Waals surface area contributed by atoms with E-state index >= 15 is 0 Å². The third-order valence-electron chi connectivity index (χ3n) is 2.03. The summed E-state index contributed by atoms with van der Waals surface area (Å²) < 4.78 is 2.49. The average Bonchev–Trinajstić information content (AvgIpc) is 2.66. The Labute approximate surface area is 83.4 Å². The molecule has 1 N–H and O–H groups in total. The summed E-state index contributed by atoms with van der Waals surface area (Å²) in [5.41, 5.74) is 1.33. The van der Waals surface area contributed by atoms with E-state index in [-0.39, 0.29) is 4.88 Å². The van der Waals surface area contributed by atoms with Crippen LogP contribution < -0.4 is 0 Å². The van der Waals surface area contributed by atoms with Crippen LogP contribution in [0.15, 0.2) is 12.3 Å². The van der Waals surface area contributed by atoms with Gasteiger partial charge in [0, 0.05) is 18.8 Å². The molecule has 2 aromatic rings. The fourth-order valence-corrected chi connectivity index (χ4v) is 2.38. The summed E-state index contributed by atoms with van der Waals surface area (Å²) in [6.45, 7) is 0. The lowest BCUT2D eigenvalue weighted by atomic mass is 10.3. The first kappa shape index (κ1) is 8.96. The van der Waals surface area contributed by atoms with Crippen LogP contribution in [0, 0.1) is 0 Å². The van der Waals surface area contributed by atoms with E-state index in [2.05, 4.69) is 0 Å². The van der Waals surface area contributed by atoms with E-state index in [0.717, 1.165) is 27.8 Å². The van der Waals surface area contributed by atoms with Gasteiger partial charge in [0.25, 0.3) is 0 Å². The van der Waals surface area contributed by atoms with Gasteiger partial charge in [-0.2, -0.15) is 0 Å². The molecule has 0 aliphatic carbocycles. The molecule has 0 saturated carbocycles. The van der Waals surface area contributed by atoms with E-state index < -0.39 is 5.97 Å². The largest absolute Gasteiger partial charge is 0.477 e. The number of hydrogen-bond acceptors (Lipinski definition) is 3. The first-order valence-corrected chi connectivity index (χ1v) is 4.72. The van der Waals surface area contributed by atoms with Crippen molar-refractivity contribution in [3.8, 4) is 0 Å². The molecular formula is C9H7NO3S. The van der Waals surface area contributed by atoms with Crippen molar-refractivity contribution >= 4 is 33.8 Å². The highest BCUT2D eigenvalue weighted by Gasteiger charge is 2.13. The summed E-state index contributed by atoms with van der Waals surface area (Å²) in [4.78, 5) is 21.6. The first-order chi connectivity index (χ1) is 6.63. The Kier molecular flexibility index (Phi) is 1.89. The van der Waals surface area contributed by atoms with Crippen molar-refractivity contribution in [1.29, 1.82) is 0 Å². The number of thiophene rings is 1. The number of aromatic carboxylic acids is 1. The Hall–Kier alpha value is -1.62. The molecule has 5 heteroatoms. The van der Waals surface area contributed by atoms with Crippen LogP contribution in [0.25, 0.3) is 10.2 Å². The number of aromatic nitrogens is 1. The fraction of sp³-hybridized carbons (Fsp3) is 0.111. The second-order valence-corrected chi connectivity index (χ2v) is 4.00. The van der Waals surface area contributed by atoms with Gasteiger partial charge in [0.15, 0.2) is 6.29 Å². The van der Waals surface area contributed by atoms with Crippen LogP contribution in [0.2, 0.25) is 0 Å². The van der Waals surface area contributed by atoms with Crippen LogP contribution in [0.1, 0.15) is 20.0 Å². The van der Waals surface area contributed by atoms with Gasteiger partial charge in [-0.1, -0.05) is 0 Å². The van der Waals surface area contributed by atoms with E-state index in [0.29, 0.717) is 5.56 Å². The van der Waals surface area contributed by atoms with Crippen molar-refractivity contribution in [1.82, 2.24) is 4.57 Å².